The van der Waals surface area contributed by atoms with E-state index in [0.29, 0.717) is 25.0 Å². The van der Waals surface area contributed by atoms with Crippen molar-refractivity contribution in [3.63, 3.8) is 0 Å². The van der Waals surface area contributed by atoms with E-state index in [0.717, 1.165) is 56.3 Å². The monoisotopic (exact) mass is 784 g/mol. The van der Waals surface area contributed by atoms with Crippen molar-refractivity contribution < 1.29 is 68.4 Å². The molecule has 308 valence electrons. The van der Waals surface area contributed by atoms with Crippen LogP contribution in [0, 0.1) is 5.92 Å². The van der Waals surface area contributed by atoms with Crippen molar-refractivity contribution in [2.24, 2.45) is 5.92 Å². The molecule has 14 nitrogen and oxygen atoms in total. The Morgan fingerprint density at radius 1 is 0.786 bits per heavy atom. The summed E-state index contributed by atoms with van der Waals surface area (Å²) < 4.78 is 28.6. The van der Waals surface area contributed by atoms with Gasteiger partial charge in [0.25, 0.3) is 0 Å². The van der Waals surface area contributed by atoms with E-state index in [-0.39, 0.29) is 18.8 Å². The minimum absolute atomic E-state index is 0.160. The molecule has 2 heterocycles. The molecule has 2 bridgehead atoms. The number of carbonyl (C=O) groups excluding carboxylic acids is 1. The van der Waals surface area contributed by atoms with Crippen molar-refractivity contribution >= 4 is 23.9 Å². The molecular formula is C42H56O14. The maximum Gasteiger partial charge on any atom is 0.343 e. The lowest BCUT2D eigenvalue weighted by molar-refractivity contribution is -0.380. The van der Waals surface area contributed by atoms with Crippen LogP contribution in [0.5, 0.6) is 5.75 Å². The van der Waals surface area contributed by atoms with E-state index in [9.17, 15) is 44.7 Å². The van der Waals surface area contributed by atoms with E-state index in [1.54, 1.807) is 0 Å². The standard InChI is InChI=1S/C42H56O14/c1-28(33(54-30(3)43)29(2)27-31-19-13-11-14-20-31)23-24-40-34(44)35(45)41(56-40,38(48)49)42(39(50)51,36(55-40)37(46)47)53-26-18-10-8-6-4-5-7-9-17-25-52-32-21-15-12-16-22-32/h11-16,19-22,29,33-36,44-45H,1,4-10,17-18,23-27H2,2-3H3,(H,46,47)(H,48,49)(H,50,51)/t29-,33-,34-,35-,36-,40+,41+,42-/m1/s1. The normalized spacial score (nSPS) is 26.5. The first kappa shape index (κ1) is 44.4. The summed E-state index contributed by atoms with van der Waals surface area (Å²) in [5.74, 6) is -8.55. The number of hydrogen-bond acceptors (Lipinski definition) is 11. The fraction of sp³-hybridized carbons (Fsp3) is 0.571. The highest BCUT2D eigenvalue weighted by Crippen LogP contribution is 2.56. The van der Waals surface area contributed by atoms with Gasteiger partial charge in [0.05, 0.1) is 6.61 Å². The van der Waals surface area contributed by atoms with Gasteiger partial charge in [-0.2, -0.15) is 0 Å². The molecule has 2 aromatic rings. The summed E-state index contributed by atoms with van der Waals surface area (Å²) >= 11 is 0. The number of hydrogen-bond donors (Lipinski definition) is 5. The SMILES string of the molecule is C=C(CC[C@]12O[C@H](C(=O)O)[C@@](OCCCCCCCCCCCOc3ccccc3)(C(=O)O)[C@](C(=O)O)(O1)[C@H](O)[C@H]2O)[C@@H](OC(C)=O)[C@H](C)Cc1ccccc1. The average molecular weight is 785 g/mol. The summed E-state index contributed by atoms with van der Waals surface area (Å²) in [5.41, 5.74) is -5.31. The van der Waals surface area contributed by atoms with E-state index < -0.39 is 78.3 Å². The van der Waals surface area contributed by atoms with Gasteiger partial charge in [-0.05, 0) is 49.0 Å². The number of carbonyl (C=O) groups is 4. The fourth-order valence-corrected chi connectivity index (χ4v) is 7.78. The first-order valence-corrected chi connectivity index (χ1v) is 19.4. The highest BCUT2D eigenvalue weighted by molar-refractivity contribution is 5.98. The van der Waals surface area contributed by atoms with Crippen LogP contribution in [0.4, 0.5) is 0 Å². The number of carboxylic acid groups (broad SMARTS) is 3. The van der Waals surface area contributed by atoms with Crippen LogP contribution in [-0.4, -0.2) is 104 Å². The molecule has 2 aliphatic heterocycles. The van der Waals surface area contributed by atoms with Gasteiger partial charge in [0.1, 0.15) is 24.1 Å². The molecule has 0 radical (unpaired) electrons. The number of aliphatic hydroxyl groups is 2. The van der Waals surface area contributed by atoms with Crippen molar-refractivity contribution in [3.8, 4) is 5.75 Å². The zero-order valence-electron chi connectivity index (χ0n) is 32.2. The minimum Gasteiger partial charge on any atom is -0.494 e. The molecule has 8 atom stereocenters. The molecular weight excluding hydrogens is 728 g/mol. The van der Waals surface area contributed by atoms with Gasteiger partial charge in [0.2, 0.25) is 17.3 Å². The lowest BCUT2D eigenvalue weighted by Crippen LogP contribution is -2.78. The van der Waals surface area contributed by atoms with E-state index in [1.807, 2.05) is 67.6 Å². The highest BCUT2D eigenvalue weighted by Gasteiger charge is 2.85. The third-order valence-corrected chi connectivity index (χ3v) is 10.6. The smallest absolute Gasteiger partial charge is 0.343 e. The number of fused-ring (bicyclic) bond motifs is 2. The summed E-state index contributed by atoms with van der Waals surface area (Å²) in [4.78, 5) is 51.0. The lowest BCUT2D eigenvalue weighted by atomic mass is 9.74. The van der Waals surface area contributed by atoms with Crippen LogP contribution in [0.3, 0.4) is 0 Å². The number of para-hydroxylation sites is 1. The molecule has 0 aliphatic carbocycles. The molecule has 2 fully saturated rings. The Morgan fingerprint density at radius 2 is 1.34 bits per heavy atom. The van der Waals surface area contributed by atoms with E-state index >= 15 is 0 Å². The molecule has 5 N–H and O–H groups in total. The number of carboxylic acids is 3. The second kappa shape index (κ2) is 20.2. The topological polar surface area (TPSA) is 216 Å². The fourth-order valence-electron chi connectivity index (χ4n) is 7.78. The van der Waals surface area contributed by atoms with Gasteiger partial charge in [-0.15, -0.1) is 0 Å². The summed E-state index contributed by atoms with van der Waals surface area (Å²) in [7, 11) is 0. The maximum atomic E-state index is 13.1. The number of aliphatic hydroxyl groups excluding tert-OH is 2. The van der Waals surface area contributed by atoms with Crippen molar-refractivity contribution in [1.82, 2.24) is 0 Å². The Balaban J connectivity index is 1.37. The van der Waals surface area contributed by atoms with Crippen LogP contribution in [0.25, 0.3) is 0 Å². The van der Waals surface area contributed by atoms with Crippen LogP contribution < -0.4 is 4.74 Å². The van der Waals surface area contributed by atoms with E-state index in [2.05, 4.69) is 6.58 Å². The molecule has 2 saturated heterocycles. The van der Waals surface area contributed by atoms with Crippen LogP contribution in [0.15, 0.2) is 72.8 Å². The van der Waals surface area contributed by atoms with Crippen LogP contribution in [0.2, 0.25) is 0 Å². The summed E-state index contributed by atoms with van der Waals surface area (Å²) in [6, 6.07) is 19.1. The zero-order chi connectivity index (χ0) is 40.9. The summed E-state index contributed by atoms with van der Waals surface area (Å²) in [6.45, 7) is 7.39. The van der Waals surface area contributed by atoms with Crippen molar-refractivity contribution in [2.75, 3.05) is 13.2 Å². The van der Waals surface area contributed by atoms with Crippen molar-refractivity contribution in [2.45, 2.75) is 132 Å². The Morgan fingerprint density at radius 3 is 1.88 bits per heavy atom. The first-order chi connectivity index (χ1) is 26.7. The van der Waals surface area contributed by atoms with Gasteiger partial charge in [0.15, 0.2) is 5.79 Å². The van der Waals surface area contributed by atoms with Gasteiger partial charge in [0, 0.05) is 25.9 Å². The predicted octanol–water partition coefficient (Wildman–Crippen LogP) is 5.32. The van der Waals surface area contributed by atoms with Crippen LogP contribution in [-0.2, 0) is 44.5 Å². The number of benzene rings is 2. The Labute approximate surface area is 327 Å². The lowest BCUT2D eigenvalue weighted by Gasteiger charge is -2.50. The molecule has 0 saturated carbocycles. The molecule has 2 aliphatic rings. The summed E-state index contributed by atoms with van der Waals surface area (Å²) in [6.07, 6.45) is -0.682. The Bertz CT molecular complexity index is 1620. The molecule has 0 aromatic heterocycles. The van der Waals surface area contributed by atoms with E-state index in [1.165, 1.54) is 6.92 Å². The van der Waals surface area contributed by atoms with Gasteiger partial charge in [-0.25, -0.2) is 14.4 Å². The van der Waals surface area contributed by atoms with Crippen molar-refractivity contribution in [3.05, 3.63) is 78.4 Å². The molecule has 0 amide bonds. The largest absolute Gasteiger partial charge is 0.494 e. The number of esters is 1. The zero-order valence-corrected chi connectivity index (χ0v) is 32.2. The first-order valence-electron chi connectivity index (χ1n) is 19.4. The molecule has 0 spiro atoms. The minimum atomic E-state index is -3.29. The average Bonchev–Trinajstić information content (AvgIpc) is 3.36. The Kier molecular flexibility index (Phi) is 16.0. The van der Waals surface area contributed by atoms with Gasteiger partial charge >= 0.3 is 23.9 Å². The predicted molar refractivity (Wildman–Crippen MR) is 202 cm³/mol. The molecule has 56 heavy (non-hydrogen) atoms. The Hall–Kier alpha value is -4.34. The molecule has 0 unspecified atom stereocenters. The van der Waals surface area contributed by atoms with Gasteiger partial charge < -0.3 is 49.2 Å². The second-order valence-corrected chi connectivity index (χ2v) is 14.8. The third-order valence-electron chi connectivity index (χ3n) is 10.6. The molecule has 2 aromatic carbocycles. The van der Waals surface area contributed by atoms with E-state index in [4.69, 9.17) is 23.7 Å². The van der Waals surface area contributed by atoms with Crippen molar-refractivity contribution in [1.29, 1.82) is 0 Å². The number of aliphatic carboxylic acids is 3. The highest BCUT2D eigenvalue weighted by atomic mass is 16.8. The number of ether oxygens (including phenoxy) is 5. The quantitative estimate of drug-likeness (QED) is 0.0490. The third kappa shape index (κ3) is 9.96. The van der Waals surface area contributed by atoms with Crippen LogP contribution in [0.1, 0.15) is 90.0 Å². The van der Waals surface area contributed by atoms with Gasteiger partial charge in [-0.1, -0.05) is 107 Å². The maximum absolute atomic E-state index is 13.1. The number of unbranched alkanes of at least 4 members (excludes halogenated alkanes) is 8. The summed E-state index contributed by atoms with van der Waals surface area (Å²) in [5, 5.41) is 54.1. The van der Waals surface area contributed by atoms with Gasteiger partial charge in [-0.3, -0.25) is 4.79 Å². The molecule has 14 heteroatoms. The van der Waals surface area contributed by atoms with Crippen LogP contribution >= 0.6 is 0 Å². The second-order valence-electron chi connectivity index (χ2n) is 14.8. The molecule has 4 rings (SSSR count). The number of rotatable bonds is 25.